The highest BCUT2D eigenvalue weighted by Crippen LogP contribution is 2.31. The molecule has 1 amide bonds. The Kier molecular flexibility index (Phi) is 3.29. The van der Waals surface area contributed by atoms with E-state index in [2.05, 4.69) is 6.07 Å². The van der Waals surface area contributed by atoms with Crippen LogP contribution >= 0.6 is 0 Å². The quantitative estimate of drug-likeness (QED) is 0.798. The molecule has 2 aromatic carbocycles. The summed E-state index contributed by atoms with van der Waals surface area (Å²) in [4.78, 5) is 14.3. The Hall–Kier alpha value is -2.86. The van der Waals surface area contributed by atoms with Crippen molar-refractivity contribution in [2.75, 3.05) is 4.90 Å². The van der Waals surface area contributed by atoms with E-state index < -0.39 is 6.04 Å². The van der Waals surface area contributed by atoms with Crippen molar-refractivity contribution in [3.05, 3.63) is 71.3 Å². The van der Waals surface area contributed by atoms with Gasteiger partial charge in [-0.05, 0) is 42.8 Å². The molecule has 0 saturated carbocycles. The first kappa shape index (κ1) is 13.1. The predicted octanol–water partition coefficient (Wildman–Crippen LogP) is 3.56. The van der Waals surface area contributed by atoms with Crippen molar-refractivity contribution >= 4 is 17.7 Å². The molecule has 1 heterocycles. The molecule has 0 radical (unpaired) electrons. The second-order valence-electron chi connectivity index (χ2n) is 5.04. The molecule has 0 saturated heterocycles. The van der Waals surface area contributed by atoms with Gasteiger partial charge in [-0.25, -0.2) is 0 Å². The van der Waals surface area contributed by atoms with Crippen molar-refractivity contribution < 1.29 is 4.79 Å². The van der Waals surface area contributed by atoms with Crippen LogP contribution in [0.3, 0.4) is 0 Å². The molecule has 0 N–H and O–H groups in total. The molecule has 1 atom stereocenters. The zero-order valence-electron chi connectivity index (χ0n) is 11.7. The molecule has 1 aliphatic heterocycles. The minimum Gasteiger partial charge on any atom is -0.288 e. The van der Waals surface area contributed by atoms with E-state index in [-0.39, 0.29) is 5.91 Å². The van der Waals surface area contributed by atoms with E-state index in [0.29, 0.717) is 5.56 Å². The van der Waals surface area contributed by atoms with Crippen LogP contribution < -0.4 is 4.90 Å². The fourth-order valence-electron chi connectivity index (χ4n) is 2.51. The number of amides is 1. The molecule has 0 aromatic heterocycles. The van der Waals surface area contributed by atoms with E-state index in [1.807, 2.05) is 49.4 Å². The SMILES string of the molecule is Cc1ccc2c(c1)C=C[C@H](C#N)N2C(=O)c1ccccc1. The van der Waals surface area contributed by atoms with Crippen molar-refractivity contribution in [3.8, 4) is 6.07 Å². The summed E-state index contributed by atoms with van der Waals surface area (Å²) < 4.78 is 0. The topological polar surface area (TPSA) is 44.1 Å². The van der Waals surface area contributed by atoms with Gasteiger partial charge in [0, 0.05) is 5.56 Å². The summed E-state index contributed by atoms with van der Waals surface area (Å²) >= 11 is 0. The highest BCUT2D eigenvalue weighted by Gasteiger charge is 2.28. The number of aryl methyl sites for hydroxylation is 1. The molecule has 1 aliphatic rings. The van der Waals surface area contributed by atoms with Crippen LogP contribution in [-0.4, -0.2) is 11.9 Å². The average Bonchev–Trinajstić information content (AvgIpc) is 2.53. The second kappa shape index (κ2) is 5.26. The van der Waals surface area contributed by atoms with Crippen molar-refractivity contribution in [2.45, 2.75) is 13.0 Å². The molecule has 2 aromatic rings. The summed E-state index contributed by atoms with van der Waals surface area (Å²) in [5.74, 6) is -0.156. The van der Waals surface area contributed by atoms with Gasteiger partial charge in [0.2, 0.25) is 0 Å². The molecule has 21 heavy (non-hydrogen) atoms. The summed E-state index contributed by atoms with van der Waals surface area (Å²) in [5, 5.41) is 9.34. The van der Waals surface area contributed by atoms with Gasteiger partial charge < -0.3 is 0 Å². The standard InChI is InChI=1S/C18H14N2O/c1-13-7-10-17-15(11-13)8-9-16(12-19)20(17)18(21)14-5-3-2-4-6-14/h2-11,16H,1H3/t16-/m1/s1. The van der Waals surface area contributed by atoms with Crippen LogP contribution in [0.25, 0.3) is 6.08 Å². The van der Waals surface area contributed by atoms with Gasteiger partial charge in [-0.1, -0.05) is 35.9 Å². The van der Waals surface area contributed by atoms with Crippen molar-refractivity contribution in [2.24, 2.45) is 0 Å². The van der Waals surface area contributed by atoms with Crippen molar-refractivity contribution in [3.63, 3.8) is 0 Å². The first-order valence-electron chi connectivity index (χ1n) is 6.78. The van der Waals surface area contributed by atoms with Gasteiger partial charge in [-0.2, -0.15) is 5.26 Å². The molecule has 102 valence electrons. The summed E-state index contributed by atoms with van der Waals surface area (Å²) in [6.45, 7) is 2.01. The summed E-state index contributed by atoms with van der Waals surface area (Å²) in [7, 11) is 0. The van der Waals surface area contributed by atoms with Gasteiger partial charge in [0.05, 0.1) is 11.8 Å². The lowest BCUT2D eigenvalue weighted by atomic mass is 10.00. The number of carbonyl (C=O) groups excluding carboxylic acids is 1. The largest absolute Gasteiger partial charge is 0.288 e. The number of nitrogens with zero attached hydrogens (tertiary/aromatic N) is 2. The van der Waals surface area contributed by atoms with Crippen LogP contribution in [0.1, 0.15) is 21.5 Å². The molecule has 3 rings (SSSR count). The van der Waals surface area contributed by atoms with Gasteiger partial charge in [0.1, 0.15) is 6.04 Å². The number of hydrogen-bond acceptors (Lipinski definition) is 2. The van der Waals surface area contributed by atoms with Crippen molar-refractivity contribution in [1.82, 2.24) is 0 Å². The second-order valence-corrected chi connectivity index (χ2v) is 5.04. The lowest BCUT2D eigenvalue weighted by Crippen LogP contribution is -2.40. The zero-order chi connectivity index (χ0) is 14.8. The smallest absolute Gasteiger partial charge is 0.259 e. The van der Waals surface area contributed by atoms with Gasteiger partial charge in [0.25, 0.3) is 5.91 Å². The van der Waals surface area contributed by atoms with Crippen LogP contribution in [0.15, 0.2) is 54.6 Å². The van der Waals surface area contributed by atoms with Crippen LogP contribution in [-0.2, 0) is 0 Å². The maximum Gasteiger partial charge on any atom is 0.259 e. The van der Waals surface area contributed by atoms with Crippen LogP contribution in [0.5, 0.6) is 0 Å². The van der Waals surface area contributed by atoms with E-state index in [0.717, 1.165) is 16.8 Å². The lowest BCUT2D eigenvalue weighted by Gasteiger charge is -2.30. The number of fused-ring (bicyclic) bond motifs is 1. The molecule has 3 nitrogen and oxygen atoms in total. The molecule has 0 unspecified atom stereocenters. The Bertz CT molecular complexity index is 757. The van der Waals surface area contributed by atoms with E-state index in [1.54, 1.807) is 23.1 Å². The maximum atomic E-state index is 12.8. The average molecular weight is 274 g/mol. The van der Waals surface area contributed by atoms with Gasteiger partial charge in [-0.3, -0.25) is 9.69 Å². The Morgan fingerprint density at radius 1 is 1.19 bits per heavy atom. The Morgan fingerprint density at radius 2 is 1.95 bits per heavy atom. The highest BCUT2D eigenvalue weighted by molar-refractivity contribution is 6.08. The molecular formula is C18H14N2O. The van der Waals surface area contributed by atoms with E-state index >= 15 is 0 Å². The Labute approximate surface area is 123 Å². The Balaban J connectivity index is 2.10. The first-order chi connectivity index (χ1) is 10.2. The minimum absolute atomic E-state index is 0.156. The van der Waals surface area contributed by atoms with E-state index in [1.165, 1.54) is 0 Å². The highest BCUT2D eigenvalue weighted by atomic mass is 16.2. The van der Waals surface area contributed by atoms with E-state index in [9.17, 15) is 10.1 Å². The summed E-state index contributed by atoms with van der Waals surface area (Å²) in [5.41, 5.74) is 3.45. The normalized spacial score (nSPS) is 16.2. The van der Waals surface area contributed by atoms with Crippen molar-refractivity contribution in [1.29, 1.82) is 5.26 Å². The number of anilines is 1. The molecule has 3 heteroatoms. The molecule has 0 bridgehead atoms. The molecule has 0 spiro atoms. The third-order valence-corrected chi connectivity index (χ3v) is 3.55. The third kappa shape index (κ3) is 2.32. The monoisotopic (exact) mass is 274 g/mol. The van der Waals surface area contributed by atoms with Gasteiger partial charge in [0.15, 0.2) is 0 Å². The summed E-state index contributed by atoms with van der Waals surface area (Å²) in [6, 6.07) is 16.5. The third-order valence-electron chi connectivity index (χ3n) is 3.55. The first-order valence-corrected chi connectivity index (χ1v) is 6.78. The number of benzene rings is 2. The van der Waals surface area contributed by atoms with Crippen LogP contribution in [0, 0.1) is 18.3 Å². The number of carbonyl (C=O) groups is 1. The van der Waals surface area contributed by atoms with Crippen LogP contribution in [0.2, 0.25) is 0 Å². The molecule has 0 fully saturated rings. The maximum absolute atomic E-state index is 12.8. The molecule has 0 aliphatic carbocycles. The Morgan fingerprint density at radius 3 is 2.67 bits per heavy atom. The number of hydrogen-bond donors (Lipinski definition) is 0. The number of rotatable bonds is 1. The number of nitriles is 1. The fraction of sp³-hybridized carbons (Fsp3) is 0.111. The van der Waals surface area contributed by atoms with Crippen LogP contribution in [0.4, 0.5) is 5.69 Å². The van der Waals surface area contributed by atoms with E-state index in [4.69, 9.17) is 0 Å². The summed E-state index contributed by atoms with van der Waals surface area (Å²) in [6.07, 6.45) is 3.67. The molecular weight excluding hydrogens is 260 g/mol. The predicted molar refractivity (Wildman–Crippen MR) is 82.9 cm³/mol. The minimum atomic E-state index is -0.576. The van der Waals surface area contributed by atoms with Gasteiger partial charge in [-0.15, -0.1) is 0 Å². The zero-order valence-corrected chi connectivity index (χ0v) is 11.7. The lowest BCUT2D eigenvalue weighted by molar-refractivity contribution is 0.0985. The van der Waals surface area contributed by atoms with Gasteiger partial charge >= 0.3 is 0 Å². The fourth-order valence-corrected chi connectivity index (χ4v) is 2.51.